The second kappa shape index (κ2) is 24.3. The molecule has 0 heterocycles. The van der Waals surface area contributed by atoms with E-state index >= 15 is 0 Å². The SMILES string of the molecule is CCC([O-])OC.CCC([O-])OC.CCC([O-])OC.[Yb+3]. The first-order valence-electron chi connectivity index (χ1n) is 5.99. The van der Waals surface area contributed by atoms with Gasteiger partial charge in [0.2, 0.25) is 0 Å². The Labute approximate surface area is 155 Å². The maximum atomic E-state index is 10.0. The molecule has 0 spiro atoms. The van der Waals surface area contributed by atoms with Gasteiger partial charge >= 0.3 is 46.9 Å². The average molecular weight is 440 g/mol. The van der Waals surface area contributed by atoms with Gasteiger partial charge in [0.05, 0.1) is 0 Å². The first-order valence-corrected chi connectivity index (χ1v) is 5.99. The number of methoxy groups -OCH3 is 3. The quantitative estimate of drug-likeness (QED) is 0.501. The molecule has 0 bridgehead atoms. The molecule has 0 fully saturated rings. The summed E-state index contributed by atoms with van der Waals surface area (Å²) in [5, 5.41) is 30.1. The molecule has 0 aliphatic rings. The minimum Gasteiger partial charge on any atom is -0.831 e. The predicted molar refractivity (Wildman–Crippen MR) is 63.3 cm³/mol. The van der Waals surface area contributed by atoms with Crippen LogP contribution in [0.1, 0.15) is 40.0 Å². The second-order valence-corrected chi connectivity index (χ2v) is 3.22. The molecule has 1 radical (unpaired) electrons. The fraction of sp³-hybridized carbons (Fsp3) is 1.00. The summed E-state index contributed by atoms with van der Waals surface area (Å²) in [5.41, 5.74) is 0. The molecule has 3 unspecified atom stereocenters. The van der Waals surface area contributed by atoms with E-state index in [1.54, 1.807) is 20.8 Å². The molecule has 0 amide bonds. The molecule has 0 aromatic carbocycles. The van der Waals surface area contributed by atoms with Gasteiger partial charge in [0, 0.05) is 21.3 Å². The normalized spacial score (nSPS) is 13.7. The maximum Gasteiger partial charge on any atom is 3.00 e. The van der Waals surface area contributed by atoms with Crippen LogP contribution in [0.3, 0.4) is 0 Å². The average Bonchev–Trinajstić information content (AvgIpc) is 2.45. The number of rotatable bonds is 6. The van der Waals surface area contributed by atoms with Crippen LogP contribution in [-0.2, 0) is 14.2 Å². The number of hydrogen-bond donors (Lipinski definition) is 0. The zero-order chi connectivity index (χ0) is 15.0. The Balaban J connectivity index is -0.0000000865. The van der Waals surface area contributed by atoms with Crippen molar-refractivity contribution in [1.82, 2.24) is 0 Å². The molecule has 0 aliphatic carbocycles. The van der Waals surface area contributed by atoms with Gasteiger partial charge in [-0.2, -0.15) is 0 Å². The molecule has 0 aromatic heterocycles. The third-order valence-corrected chi connectivity index (χ3v) is 1.79. The van der Waals surface area contributed by atoms with E-state index < -0.39 is 18.9 Å². The van der Waals surface area contributed by atoms with Gasteiger partial charge in [0.1, 0.15) is 0 Å². The number of hydrogen-bond acceptors (Lipinski definition) is 6. The van der Waals surface area contributed by atoms with Gasteiger partial charge in [-0.15, -0.1) is 0 Å². The van der Waals surface area contributed by atoms with Gasteiger partial charge in [0.15, 0.2) is 0 Å². The Kier molecular flexibility index (Phi) is 36.4. The Hall–Kier alpha value is 1.28. The van der Waals surface area contributed by atoms with Crippen molar-refractivity contribution >= 4 is 0 Å². The van der Waals surface area contributed by atoms with Crippen molar-refractivity contribution in [3.8, 4) is 0 Å². The van der Waals surface area contributed by atoms with E-state index in [1.165, 1.54) is 21.3 Å². The van der Waals surface area contributed by atoms with Crippen molar-refractivity contribution in [2.45, 2.75) is 58.9 Å². The van der Waals surface area contributed by atoms with E-state index in [4.69, 9.17) is 0 Å². The van der Waals surface area contributed by atoms with Gasteiger partial charge in [-0.25, -0.2) is 0 Å². The van der Waals surface area contributed by atoms with Gasteiger partial charge in [-0.3, -0.25) is 0 Å². The number of ether oxygens (including phenoxy) is 3. The predicted octanol–water partition coefficient (Wildman–Crippen LogP) is -0.812. The molecule has 0 saturated carbocycles. The zero-order valence-corrected chi connectivity index (χ0v) is 14.3. The summed E-state index contributed by atoms with van der Waals surface area (Å²) in [6.07, 6.45) is -0.788. The van der Waals surface area contributed by atoms with Crippen molar-refractivity contribution in [2.75, 3.05) is 21.3 Å². The third-order valence-electron chi connectivity index (χ3n) is 1.79. The first kappa shape index (κ1) is 28.4. The van der Waals surface area contributed by atoms with E-state index in [2.05, 4.69) is 14.2 Å². The van der Waals surface area contributed by atoms with Crippen LogP contribution in [0.15, 0.2) is 0 Å². The minimum atomic E-state index is -0.815. The molecule has 0 aliphatic heterocycles. The molecule has 0 saturated heterocycles. The summed E-state index contributed by atoms with van der Waals surface area (Å²) in [5.74, 6) is 0. The molecule has 0 rings (SSSR count). The van der Waals surface area contributed by atoms with Crippen LogP contribution in [-0.4, -0.2) is 40.2 Å². The summed E-state index contributed by atoms with van der Waals surface area (Å²) >= 11 is 0. The summed E-state index contributed by atoms with van der Waals surface area (Å²) in [6.45, 7) is 5.38. The van der Waals surface area contributed by atoms with Crippen LogP contribution >= 0.6 is 0 Å². The van der Waals surface area contributed by atoms with Crippen molar-refractivity contribution in [2.24, 2.45) is 0 Å². The molecule has 6 nitrogen and oxygen atoms in total. The smallest absolute Gasteiger partial charge is 0.831 e. The minimum absolute atomic E-state index is 0. The van der Waals surface area contributed by atoms with Gasteiger partial charge < -0.3 is 29.5 Å². The van der Waals surface area contributed by atoms with E-state index in [9.17, 15) is 15.3 Å². The molecule has 19 heavy (non-hydrogen) atoms. The summed E-state index contributed by atoms with van der Waals surface area (Å²) in [7, 11) is 4.25. The van der Waals surface area contributed by atoms with Gasteiger partial charge in [0.25, 0.3) is 0 Å². The second-order valence-electron chi connectivity index (χ2n) is 3.22. The van der Waals surface area contributed by atoms with E-state index in [0.717, 1.165) is 0 Å². The Morgan fingerprint density at radius 1 is 0.632 bits per heavy atom. The van der Waals surface area contributed by atoms with Crippen molar-refractivity contribution < 1.29 is 76.5 Å². The van der Waals surface area contributed by atoms with Crippen LogP contribution in [0.25, 0.3) is 0 Å². The molecule has 0 aromatic rings. The molecular weight excluding hydrogens is 413 g/mol. The van der Waals surface area contributed by atoms with Crippen molar-refractivity contribution in [3.05, 3.63) is 0 Å². The Morgan fingerprint density at radius 2 is 0.789 bits per heavy atom. The summed E-state index contributed by atoms with van der Waals surface area (Å²) in [6, 6.07) is 0. The fourth-order valence-corrected chi connectivity index (χ4v) is 0.500. The van der Waals surface area contributed by atoms with Crippen molar-refractivity contribution in [1.29, 1.82) is 0 Å². The Bertz CT molecular complexity index is 104. The van der Waals surface area contributed by atoms with E-state index in [0.29, 0.717) is 19.3 Å². The molecular formula is C12H27O6Yb. The van der Waals surface area contributed by atoms with Crippen LogP contribution in [0.5, 0.6) is 0 Å². The zero-order valence-electron chi connectivity index (χ0n) is 12.6. The van der Waals surface area contributed by atoms with Gasteiger partial charge in [-0.05, 0) is 38.1 Å². The third kappa shape index (κ3) is 32.6. The molecule has 0 N–H and O–H groups in total. The first-order chi connectivity index (χ1) is 8.42. The monoisotopic (exact) mass is 441 g/mol. The van der Waals surface area contributed by atoms with Gasteiger partial charge in [-0.1, -0.05) is 20.8 Å². The Morgan fingerprint density at radius 3 is 0.789 bits per heavy atom. The topological polar surface area (TPSA) is 96.9 Å². The largest absolute Gasteiger partial charge is 3.00 e. The fourth-order valence-electron chi connectivity index (χ4n) is 0.500. The van der Waals surface area contributed by atoms with E-state index in [1.807, 2.05) is 0 Å². The van der Waals surface area contributed by atoms with E-state index in [-0.39, 0.29) is 46.9 Å². The van der Waals surface area contributed by atoms with Crippen LogP contribution in [0, 0.1) is 46.9 Å². The maximum absolute atomic E-state index is 10.0. The molecule has 125 valence electrons. The molecule has 3 atom stereocenters. The van der Waals surface area contributed by atoms with Crippen LogP contribution < -0.4 is 15.3 Å². The van der Waals surface area contributed by atoms with Crippen LogP contribution in [0.4, 0.5) is 0 Å². The van der Waals surface area contributed by atoms with Crippen molar-refractivity contribution in [3.63, 3.8) is 0 Å². The standard InChI is InChI=1S/3C4H9O2.Yb/c3*1-3-4(5)6-2;/h3*4H,3H2,1-2H3;/q3*-1;+3. The summed E-state index contributed by atoms with van der Waals surface area (Å²) in [4.78, 5) is 0. The summed E-state index contributed by atoms with van der Waals surface area (Å²) < 4.78 is 13.0. The van der Waals surface area contributed by atoms with Crippen LogP contribution in [0.2, 0.25) is 0 Å². The molecule has 7 heteroatoms.